The zero-order valence-corrected chi connectivity index (χ0v) is 37.7. The molecule has 0 saturated heterocycles. The number of aliphatic carboxylic acids is 2. The molecule has 0 rings (SSSR count). The molecule has 0 fully saturated rings. The van der Waals surface area contributed by atoms with Crippen molar-refractivity contribution in [2.45, 2.75) is 182 Å². The number of carboxylic acid groups (broad SMARTS) is 2. The lowest BCUT2D eigenvalue weighted by Crippen LogP contribution is -2.49. The molecule has 0 saturated carbocycles. The number of esters is 6. The minimum atomic E-state index is -1.96. The van der Waals surface area contributed by atoms with Gasteiger partial charge in [-0.1, -0.05) is 68.2 Å². The Hall–Kier alpha value is -4.40. The van der Waals surface area contributed by atoms with Crippen molar-refractivity contribution in [3.63, 3.8) is 0 Å². The van der Waals surface area contributed by atoms with Crippen LogP contribution in [0.4, 0.5) is 0 Å². The van der Waals surface area contributed by atoms with Crippen molar-refractivity contribution in [3.8, 4) is 0 Å². The highest BCUT2D eigenvalue weighted by atomic mass is 16.6. The van der Waals surface area contributed by atoms with Crippen molar-refractivity contribution < 1.29 is 77.0 Å². The first-order chi connectivity index (χ1) is 27.2. The van der Waals surface area contributed by atoms with Gasteiger partial charge in [0, 0.05) is 0 Å². The Kier molecular flexibility index (Phi) is 25.0. The summed E-state index contributed by atoms with van der Waals surface area (Å²) in [5, 5.41) is 19.2. The third-order valence-corrected chi connectivity index (χ3v) is 8.80. The van der Waals surface area contributed by atoms with Crippen LogP contribution in [-0.4, -0.2) is 118 Å². The van der Waals surface area contributed by atoms with E-state index in [1.54, 1.807) is 83.1 Å². The predicted molar refractivity (Wildman–Crippen MR) is 216 cm³/mol. The Bertz CT molecular complexity index is 1440. The molecule has 10 atom stereocenters. The number of rotatable bonds is 22. The Morgan fingerprint density at radius 2 is 0.717 bits per heavy atom. The zero-order valence-electron chi connectivity index (χ0n) is 37.7. The van der Waals surface area contributed by atoms with Crippen molar-refractivity contribution in [1.82, 2.24) is 0 Å². The lowest BCUT2D eigenvalue weighted by molar-refractivity contribution is -0.186. The van der Waals surface area contributed by atoms with E-state index in [0.717, 1.165) is 0 Å². The van der Waals surface area contributed by atoms with Gasteiger partial charge < -0.3 is 61.6 Å². The van der Waals surface area contributed by atoms with Crippen LogP contribution in [0.1, 0.15) is 123 Å². The molecule has 0 aromatic rings. The molecular formula is C40H72N4O16. The average molecular weight is 865 g/mol. The molecule has 0 bridgehead atoms. The molecular weight excluding hydrogens is 792 g/mol. The van der Waals surface area contributed by atoms with Gasteiger partial charge in [0.25, 0.3) is 0 Å². The number of hydrogen-bond acceptors (Lipinski definition) is 18. The number of nitrogens with two attached hydrogens (primary N) is 4. The van der Waals surface area contributed by atoms with Gasteiger partial charge in [-0.3, -0.25) is 28.8 Å². The summed E-state index contributed by atoms with van der Waals surface area (Å²) >= 11 is 0. The highest BCUT2D eigenvalue weighted by Gasteiger charge is 2.42. The molecule has 10 N–H and O–H groups in total. The molecule has 0 radical (unpaired) electrons. The van der Waals surface area contributed by atoms with Gasteiger partial charge in [0.05, 0.1) is 12.8 Å². The fourth-order valence-electron chi connectivity index (χ4n) is 4.47. The third kappa shape index (κ3) is 22.3. The van der Waals surface area contributed by atoms with Gasteiger partial charge in [-0.25, -0.2) is 9.59 Å². The maximum absolute atomic E-state index is 12.5. The summed E-state index contributed by atoms with van der Waals surface area (Å²) in [6.45, 7) is 23.5. The van der Waals surface area contributed by atoms with Crippen LogP contribution < -0.4 is 22.9 Å². The lowest BCUT2D eigenvalue weighted by Gasteiger charge is -2.28. The van der Waals surface area contributed by atoms with Crippen LogP contribution in [0, 0.1) is 23.7 Å². The Balaban J connectivity index is 0. The van der Waals surface area contributed by atoms with Crippen molar-refractivity contribution in [2.75, 3.05) is 0 Å². The van der Waals surface area contributed by atoms with E-state index in [1.807, 2.05) is 13.8 Å². The lowest BCUT2D eigenvalue weighted by atomic mass is 10.00. The van der Waals surface area contributed by atoms with E-state index in [1.165, 1.54) is 0 Å². The molecule has 0 heterocycles. The van der Waals surface area contributed by atoms with Crippen molar-refractivity contribution in [3.05, 3.63) is 0 Å². The standard InChI is InChI=1S/C21H38N2O8.C19H34N2O8/c1-8-11(3)15(22)19(27)29-13(10-14(24)31-21(5,6)7)17(18(25)26)30-20(28)16(23)12(4)9-2;1-9(2)13(20)17(25)27-11(8-12(22)29-19(5,6)7)15(16(23)24)28-18(26)14(21)10(3)4/h11-13,15-17H,8-10,22-23H2,1-7H3,(H,25,26);9-11,13-15H,8,20-21H2,1-7H3,(H,23,24)/t11-,12-,13?,15-,16-,17?;11?,13-,14-,15?/m00/s1. The maximum atomic E-state index is 12.5. The Labute approximate surface area is 353 Å². The summed E-state index contributed by atoms with van der Waals surface area (Å²) in [6.07, 6.45) is -7.33. The van der Waals surface area contributed by atoms with E-state index in [-0.39, 0.29) is 23.7 Å². The van der Waals surface area contributed by atoms with E-state index in [4.69, 9.17) is 51.4 Å². The molecule has 0 aliphatic carbocycles. The first kappa shape index (κ1) is 57.7. The van der Waals surface area contributed by atoms with Crippen LogP contribution in [0.15, 0.2) is 0 Å². The normalized spacial score (nSPS) is 16.7. The van der Waals surface area contributed by atoms with E-state index >= 15 is 0 Å². The van der Waals surface area contributed by atoms with E-state index < -0.39 is 120 Å². The van der Waals surface area contributed by atoms with E-state index in [0.29, 0.717) is 12.8 Å². The second-order valence-corrected chi connectivity index (χ2v) is 17.3. The summed E-state index contributed by atoms with van der Waals surface area (Å²) in [4.78, 5) is 97.3. The Morgan fingerprint density at radius 1 is 0.467 bits per heavy atom. The SMILES string of the molecule is CC(C)[C@H](N)C(=O)OC(CC(=O)OC(C)(C)C)C(OC(=O)[C@@H](N)C(C)C)C(=O)O.CC[C@H](C)[C@H](N)C(=O)OC(CC(=O)OC(C)(C)C)C(OC(=O)[C@@H](N)[C@@H](C)CC)C(=O)O. The molecule has 0 amide bonds. The largest absolute Gasteiger partial charge is 0.478 e. The summed E-state index contributed by atoms with van der Waals surface area (Å²) in [7, 11) is 0. The highest BCUT2D eigenvalue weighted by Crippen LogP contribution is 2.20. The molecule has 348 valence electrons. The summed E-state index contributed by atoms with van der Waals surface area (Å²) in [5.41, 5.74) is 21.4. The van der Waals surface area contributed by atoms with Gasteiger partial charge in [0.15, 0.2) is 12.2 Å². The number of ether oxygens (including phenoxy) is 6. The molecule has 0 aromatic carbocycles. The van der Waals surface area contributed by atoms with Gasteiger partial charge >= 0.3 is 47.8 Å². The summed E-state index contributed by atoms with van der Waals surface area (Å²) in [6, 6.07) is -4.27. The Morgan fingerprint density at radius 3 is 0.950 bits per heavy atom. The van der Waals surface area contributed by atoms with Crippen molar-refractivity contribution >= 4 is 47.8 Å². The van der Waals surface area contributed by atoms with Crippen molar-refractivity contribution in [2.24, 2.45) is 46.6 Å². The highest BCUT2D eigenvalue weighted by molar-refractivity contribution is 5.85. The van der Waals surface area contributed by atoms with Crippen LogP contribution in [0.3, 0.4) is 0 Å². The molecule has 20 heteroatoms. The summed E-state index contributed by atoms with van der Waals surface area (Å²) < 4.78 is 30.8. The van der Waals surface area contributed by atoms with Crippen LogP contribution in [0.2, 0.25) is 0 Å². The average Bonchev–Trinajstić information content (AvgIpc) is 3.11. The first-order valence-electron chi connectivity index (χ1n) is 19.9. The van der Waals surface area contributed by atoms with Gasteiger partial charge in [0.2, 0.25) is 12.2 Å². The number of hydrogen-bond donors (Lipinski definition) is 6. The number of carboxylic acids is 2. The minimum absolute atomic E-state index is 0.251. The monoisotopic (exact) mass is 864 g/mol. The zero-order chi connectivity index (χ0) is 47.6. The van der Waals surface area contributed by atoms with Gasteiger partial charge in [-0.2, -0.15) is 0 Å². The molecule has 0 aliphatic heterocycles. The molecule has 0 spiro atoms. The van der Waals surface area contributed by atoms with Gasteiger partial charge in [0.1, 0.15) is 35.4 Å². The topological polar surface area (TPSA) is 336 Å². The molecule has 0 aromatic heterocycles. The fourth-order valence-corrected chi connectivity index (χ4v) is 4.47. The van der Waals surface area contributed by atoms with Crippen LogP contribution in [-0.2, 0) is 66.8 Å². The van der Waals surface area contributed by atoms with E-state index in [9.17, 15) is 48.6 Å². The third-order valence-electron chi connectivity index (χ3n) is 8.80. The minimum Gasteiger partial charge on any atom is -0.478 e. The van der Waals surface area contributed by atoms with Crippen LogP contribution in [0.5, 0.6) is 0 Å². The van der Waals surface area contributed by atoms with Crippen LogP contribution >= 0.6 is 0 Å². The van der Waals surface area contributed by atoms with Gasteiger partial charge in [-0.05, 0) is 65.2 Å². The van der Waals surface area contributed by atoms with Crippen molar-refractivity contribution in [1.29, 1.82) is 0 Å². The maximum Gasteiger partial charge on any atom is 0.349 e. The molecule has 20 nitrogen and oxygen atoms in total. The second kappa shape index (κ2) is 26.0. The summed E-state index contributed by atoms with van der Waals surface area (Å²) in [5.74, 6) is -9.80. The molecule has 60 heavy (non-hydrogen) atoms. The first-order valence-corrected chi connectivity index (χ1v) is 19.9. The van der Waals surface area contributed by atoms with Crippen LogP contribution in [0.25, 0.3) is 0 Å². The predicted octanol–water partition coefficient (Wildman–Crippen LogP) is 1.97. The fraction of sp³-hybridized carbons (Fsp3) is 0.800. The molecule has 4 unspecified atom stereocenters. The number of carbonyl (C=O) groups excluding carboxylic acids is 6. The van der Waals surface area contributed by atoms with Gasteiger partial charge in [-0.15, -0.1) is 0 Å². The van der Waals surface area contributed by atoms with E-state index in [2.05, 4.69) is 0 Å². The second-order valence-electron chi connectivity index (χ2n) is 17.3. The number of carbonyl (C=O) groups is 8. The molecule has 0 aliphatic rings. The quantitative estimate of drug-likeness (QED) is 0.0669. The smallest absolute Gasteiger partial charge is 0.349 e.